The Bertz CT molecular complexity index is 1320. The van der Waals surface area contributed by atoms with Gasteiger partial charge in [0.1, 0.15) is 5.52 Å². The monoisotopic (exact) mass is 423 g/mol. The lowest BCUT2D eigenvalue weighted by Gasteiger charge is -2.11. The van der Waals surface area contributed by atoms with Gasteiger partial charge in [0.2, 0.25) is 10.0 Å². The minimum Gasteiger partial charge on any atom is -0.382 e. The van der Waals surface area contributed by atoms with Crippen LogP contribution in [0.4, 0.5) is 5.82 Å². The molecule has 3 N–H and O–H groups in total. The second-order valence-electron chi connectivity index (χ2n) is 7.42. The maximum Gasteiger partial charge on any atom is 0.241 e. The van der Waals surface area contributed by atoms with Crippen LogP contribution in [0.5, 0.6) is 0 Å². The van der Waals surface area contributed by atoms with Crippen molar-refractivity contribution in [3.63, 3.8) is 0 Å². The number of nitrogens with zero attached hydrogens (tertiary/aromatic N) is 3. The molecule has 0 unspecified atom stereocenters. The van der Waals surface area contributed by atoms with Gasteiger partial charge < -0.3 is 10.3 Å². The molecule has 4 aromatic rings. The molecular weight excluding hydrogens is 398 g/mol. The zero-order valence-corrected chi connectivity index (χ0v) is 17.9. The Kier molecular flexibility index (Phi) is 5.44. The quantitative estimate of drug-likeness (QED) is 0.443. The Hall–Kier alpha value is -2.97. The maximum absolute atomic E-state index is 12.8. The van der Waals surface area contributed by atoms with Crippen molar-refractivity contribution in [3.8, 4) is 0 Å². The molecule has 0 bridgehead atoms. The number of unbranched alkanes of at least 4 members (excludes halogenated alkanes) is 1. The summed E-state index contributed by atoms with van der Waals surface area (Å²) < 4.78 is 30.4. The number of imidazole rings is 1. The molecular formula is C22H25N5O2S. The first kappa shape index (κ1) is 20.3. The summed E-state index contributed by atoms with van der Waals surface area (Å²) in [7, 11) is -3.57. The second-order valence-corrected chi connectivity index (χ2v) is 9.16. The van der Waals surface area contributed by atoms with E-state index in [1.54, 1.807) is 18.5 Å². The fourth-order valence-electron chi connectivity index (χ4n) is 3.74. The molecule has 156 valence electrons. The number of anilines is 1. The Morgan fingerprint density at radius 3 is 2.67 bits per heavy atom. The van der Waals surface area contributed by atoms with E-state index in [2.05, 4.69) is 19.3 Å². The van der Waals surface area contributed by atoms with E-state index in [9.17, 15) is 8.42 Å². The Morgan fingerprint density at radius 2 is 1.83 bits per heavy atom. The van der Waals surface area contributed by atoms with Crippen molar-refractivity contribution in [2.75, 3.05) is 12.3 Å². The summed E-state index contributed by atoms with van der Waals surface area (Å²) in [4.78, 5) is 9.03. The lowest BCUT2D eigenvalue weighted by Crippen LogP contribution is -2.25. The summed E-state index contributed by atoms with van der Waals surface area (Å²) in [6, 6.07) is 12.8. The second kappa shape index (κ2) is 8.04. The number of aryl methyl sites for hydroxylation is 3. The van der Waals surface area contributed by atoms with Crippen LogP contribution in [0.2, 0.25) is 0 Å². The molecule has 2 aromatic carbocycles. The third-order valence-corrected chi connectivity index (χ3v) is 6.94. The van der Waals surface area contributed by atoms with E-state index in [1.807, 2.05) is 44.2 Å². The molecule has 2 aromatic heterocycles. The highest BCUT2D eigenvalue weighted by Gasteiger charge is 2.16. The first-order valence-corrected chi connectivity index (χ1v) is 11.4. The molecule has 0 amide bonds. The number of aromatic nitrogens is 3. The molecule has 0 saturated heterocycles. The molecule has 0 spiro atoms. The Labute approximate surface area is 176 Å². The third kappa shape index (κ3) is 3.76. The number of hydrogen-bond donors (Lipinski definition) is 2. The van der Waals surface area contributed by atoms with Crippen LogP contribution in [0.15, 0.2) is 53.7 Å². The van der Waals surface area contributed by atoms with Crippen LogP contribution in [0.1, 0.15) is 24.1 Å². The highest BCUT2D eigenvalue weighted by atomic mass is 32.2. The number of benzene rings is 2. The minimum atomic E-state index is -3.57. The van der Waals surface area contributed by atoms with Gasteiger partial charge in [-0.05, 0) is 43.7 Å². The lowest BCUT2D eigenvalue weighted by molar-refractivity contribution is 0.569. The van der Waals surface area contributed by atoms with E-state index in [4.69, 9.17) is 5.73 Å². The summed E-state index contributed by atoms with van der Waals surface area (Å²) in [6.07, 6.45) is 3.29. The van der Waals surface area contributed by atoms with Crippen molar-refractivity contribution < 1.29 is 8.42 Å². The molecule has 0 radical (unpaired) electrons. The van der Waals surface area contributed by atoms with Gasteiger partial charge in [-0.25, -0.2) is 23.1 Å². The molecule has 0 aliphatic heterocycles. The van der Waals surface area contributed by atoms with Crippen LogP contribution >= 0.6 is 0 Å². The van der Waals surface area contributed by atoms with Crippen molar-refractivity contribution in [2.45, 2.75) is 38.1 Å². The highest BCUT2D eigenvalue weighted by Crippen LogP contribution is 2.24. The highest BCUT2D eigenvalue weighted by molar-refractivity contribution is 7.89. The van der Waals surface area contributed by atoms with Gasteiger partial charge in [0.25, 0.3) is 0 Å². The number of rotatable bonds is 7. The molecule has 30 heavy (non-hydrogen) atoms. The van der Waals surface area contributed by atoms with Crippen LogP contribution < -0.4 is 10.5 Å². The number of nitrogen functional groups attached to an aromatic ring is 1. The summed E-state index contributed by atoms with van der Waals surface area (Å²) in [5.74, 6) is 0.440. The summed E-state index contributed by atoms with van der Waals surface area (Å²) in [5, 5.41) is 1.64. The van der Waals surface area contributed by atoms with Crippen molar-refractivity contribution in [1.29, 1.82) is 0 Å². The number of hydrogen-bond acceptors (Lipinski definition) is 5. The van der Waals surface area contributed by atoms with Gasteiger partial charge in [-0.3, -0.25) is 0 Å². The standard InChI is InChI=1S/C22H25N5O2S/c1-15-16(2)26-22(23)20-21(15)27(14-24-20)13-6-5-12-25-30(28,29)19-11-7-9-17-8-3-4-10-18(17)19/h3-4,7-11,14,25H,5-6,12-13H2,1-2H3,(H2,23,26). The van der Waals surface area contributed by atoms with Crippen LogP contribution in [0, 0.1) is 13.8 Å². The number of nitrogens with one attached hydrogen (secondary N) is 1. The topological polar surface area (TPSA) is 103 Å². The molecule has 0 aliphatic carbocycles. The summed E-state index contributed by atoms with van der Waals surface area (Å²) in [6.45, 7) is 5.06. The lowest BCUT2D eigenvalue weighted by atomic mass is 10.1. The number of pyridine rings is 1. The van der Waals surface area contributed by atoms with Crippen LogP contribution in [-0.2, 0) is 16.6 Å². The average molecular weight is 424 g/mol. The van der Waals surface area contributed by atoms with E-state index in [1.165, 1.54) is 0 Å². The number of nitrogens with two attached hydrogens (primary N) is 1. The van der Waals surface area contributed by atoms with E-state index < -0.39 is 10.0 Å². The Balaban J connectivity index is 1.40. The van der Waals surface area contributed by atoms with Gasteiger partial charge in [-0.15, -0.1) is 0 Å². The average Bonchev–Trinajstić information content (AvgIpc) is 3.16. The van der Waals surface area contributed by atoms with Crippen LogP contribution in [0.3, 0.4) is 0 Å². The molecule has 0 aliphatic rings. The normalized spacial score (nSPS) is 12.1. The van der Waals surface area contributed by atoms with Gasteiger partial charge in [0.05, 0.1) is 16.7 Å². The largest absolute Gasteiger partial charge is 0.382 e. The van der Waals surface area contributed by atoms with Gasteiger partial charge >= 0.3 is 0 Å². The molecule has 0 atom stereocenters. The first-order valence-electron chi connectivity index (χ1n) is 9.93. The van der Waals surface area contributed by atoms with Gasteiger partial charge in [-0.1, -0.05) is 36.4 Å². The predicted octanol–water partition coefficient (Wildman–Crippen LogP) is 3.54. The minimum absolute atomic E-state index is 0.315. The fourth-order valence-corrected chi connectivity index (χ4v) is 5.04. The van der Waals surface area contributed by atoms with E-state index in [0.29, 0.717) is 23.7 Å². The fraction of sp³-hybridized carbons (Fsp3) is 0.273. The van der Waals surface area contributed by atoms with Crippen LogP contribution in [-0.4, -0.2) is 29.5 Å². The SMILES string of the molecule is Cc1nc(N)c2ncn(CCCCNS(=O)(=O)c3cccc4ccccc34)c2c1C. The van der Waals surface area contributed by atoms with Crippen LogP contribution in [0.25, 0.3) is 21.8 Å². The molecule has 8 heteroatoms. The molecule has 0 saturated carbocycles. The van der Waals surface area contributed by atoms with E-state index in [0.717, 1.165) is 46.0 Å². The Morgan fingerprint density at radius 1 is 1.07 bits per heavy atom. The first-order chi connectivity index (χ1) is 14.4. The molecule has 4 rings (SSSR count). The number of fused-ring (bicyclic) bond motifs is 2. The predicted molar refractivity (Wildman–Crippen MR) is 120 cm³/mol. The van der Waals surface area contributed by atoms with Crippen molar-refractivity contribution in [2.24, 2.45) is 0 Å². The molecule has 7 nitrogen and oxygen atoms in total. The number of sulfonamides is 1. The third-order valence-electron chi connectivity index (χ3n) is 5.42. The smallest absolute Gasteiger partial charge is 0.241 e. The van der Waals surface area contributed by atoms with Gasteiger partial charge in [0.15, 0.2) is 5.82 Å². The van der Waals surface area contributed by atoms with Gasteiger partial charge in [0, 0.05) is 24.2 Å². The zero-order valence-electron chi connectivity index (χ0n) is 17.1. The van der Waals surface area contributed by atoms with Crippen molar-refractivity contribution in [1.82, 2.24) is 19.3 Å². The van der Waals surface area contributed by atoms with E-state index in [-0.39, 0.29) is 0 Å². The summed E-state index contributed by atoms with van der Waals surface area (Å²) in [5.41, 5.74) is 9.67. The summed E-state index contributed by atoms with van der Waals surface area (Å²) >= 11 is 0. The molecule has 0 fully saturated rings. The van der Waals surface area contributed by atoms with Gasteiger partial charge in [-0.2, -0.15) is 0 Å². The maximum atomic E-state index is 12.8. The molecule has 2 heterocycles. The van der Waals surface area contributed by atoms with E-state index >= 15 is 0 Å². The zero-order chi connectivity index (χ0) is 21.3. The van der Waals surface area contributed by atoms with Crippen molar-refractivity contribution in [3.05, 3.63) is 60.0 Å². The van der Waals surface area contributed by atoms with Crippen molar-refractivity contribution >= 4 is 37.6 Å².